The minimum atomic E-state index is -0.165. The largest absolute Gasteiger partial charge is 0.415 e. The number of hydrogen-bond acceptors (Lipinski definition) is 7. The molecule has 1 unspecified atom stereocenters. The van der Waals surface area contributed by atoms with Crippen LogP contribution in [-0.4, -0.2) is 20.3 Å². The maximum Gasteiger partial charge on any atom is 0.277 e. The topological polar surface area (TPSA) is 77.8 Å². The highest BCUT2D eigenvalue weighted by Crippen LogP contribution is 2.34. The Bertz CT molecular complexity index is 777. The predicted molar refractivity (Wildman–Crippen MR) is 87.0 cm³/mol. The number of aromatic nitrogens is 4. The van der Waals surface area contributed by atoms with Crippen LogP contribution in [0.2, 0.25) is 0 Å². The van der Waals surface area contributed by atoms with Gasteiger partial charge in [-0.25, -0.2) is 0 Å². The average Bonchev–Trinajstić information content (AvgIpc) is 3.16. The highest BCUT2D eigenvalue weighted by Gasteiger charge is 2.24. The first-order valence-corrected chi connectivity index (χ1v) is 8.21. The molecule has 0 radical (unpaired) electrons. The van der Waals surface area contributed by atoms with Gasteiger partial charge in [0.15, 0.2) is 5.82 Å². The minimum Gasteiger partial charge on any atom is -0.415 e. The summed E-state index contributed by atoms with van der Waals surface area (Å²) in [4.78, 5) is 4.44. The highest BCUT2D eigenvalue weighted by molar-refractivity contribution is 7.99. The molecular formula is C16H18N4O2S. The van der Waals surface area contributed by atoms with Gasteiger partial charge in [0.2, 0.25) is 5.89 Å². The highest BCUT2D eigenvalue weighted by atomic mass is 32.2. The van der Waals surface area contributed by atoms with E-state index in [-0.39, 0.29) is 10.7 Å². The molecule has 1 atom stereocenters. The zero-order valence-electron chi connectivity index (χ0n) is 13.5. The van der Waals surface area contributed by atoms with Crippen molar-refractivity contribution in [2.75, 3.05) is 0 Å². The summed E-state index contributed by atoms with van der Waals surface area (Å²) in [6.07, 6.45) is 0. The second-order valence-corrected chi connectivity index (χ2v) is 7.50. The lowest BCUT2D eigenvalue weighted by Gasteiger charge is -2.11. The van der Waals surface area contributed by atoms with E-state index in [2.05, 4.69) is 20.3 Å². The summed E-state index contributed by atoms with van der Waals surface area (Å²) in [6, 6.07) is 9.68. The monoisotopic (exact) mass is 330 g/mol. The van der Waals surface area contributed by atoms with E-state index < -0.39 is 0 Å². The average molecular weight is 330 g/mol. The van der Waals surface area contributed by atoms with E-state index in [1.165, 1.54) is 11.8 Å². The number of benzene rings is 1. The molecular weight excluding hydrogens is 312 g/mol. The fourth-order valence-corrected chi connectivity index (χ4v) is 2.58. The van der Waals surface area contributed by atoms with Crippen molar-refractivity contribution in [3.8, 4) is 11.5 Å². The molecule has 3 rings (SSSR count). The van der Waals surface area contributed by atoms with Crippen molar-refractivity contribution < 1.29 is 8.94 Å². The van der Waals surface area contributed by atoms with E-state index in [4.69, 9.17) is 8.94 Å². The molecule has 0 N–H and O–H groups in total. The van der Waals surface area contributed by atoms with Crippen molar-refractivity contribution >= 4 is 11.8 Å². The Labute approximate surface area is 138 Å². The summed E-state index contributed by atoms with van der Waals surface area (Å²) in [7, 11) is 0. The first-order chi connectivity index (χ1) is 10.9. The standard InChI is InChI=1S/C16H18N4O2S/c1-10(23-15-19-18-14(21-15)16(2,3)4)12-17-13(22-20-12)11-8-6-5-7-9-11/h5-10H,1-4H3. The van der Waals surface area contributed by atoms with Crippen LogP contribution in [0.1, 0.15) is 44.7 Å². The van der Waals surface area contributed by atoms with Crippen LogP contribution in [0.5, 0.6) is 0 Å². The van der Waals surface area contributed by atoms with E-state index >= 15 is 0 Å². The summed E-state index contributed by atoms with van der Waals surface area (Å²) in [5.41, 5.74) is 0.734. The Kier molecular flexibility index (Phi) is 4.21. The van der Waals surface area contributed by atoms with Gasteiger partial charge < -0.3 is 8.94 Å². The number of rotatable bonds is 4. The van der Waals surface area contributed by atoms with Crippen LogP contribution in [0.4, 0.5) is 0 Å². The van der Waals surface area contributed by atoms with Crippen molar-refractivity contribution in [2.45, 2.75) is 43.6 Å². The Hall–Kier alpha value is -2.15. The van der Waals surface area contributed by atoms with E-state index in [0.29, 0.717) is 22.8 Å². The molecule has 0 spiro atoms. The van der Waals surface area contributed by atoms with Crippen LogP contribution in [0.15, 0.2) is 44.5 Å². The SMILES string of the molecule is CC(Sc1nnc(C(C)(C)C)o1)c1noc(-c2ccccc2)n1. The van der Waals surface area contributed by atoms with Gasteiger partial charge in [0, 0.05) is 11.0 Å². The lowest BCUT2D eigenvalue weighted by molar-refractivity contribution is 0.347. The van der Waals surface area contributed by atoms with Crippen LogP contribution in [0.25, 0.3) is 11.5 Å². The van der Waals surface area contributed by atoms with Gasteiger partial charge in [0.05, 0.1) is 5.25 Å². The third-order valence-electron chi connectivity index (χ3n) is 3.15. The Morgan fingerprint density at radius 2 is 1.83 bits per heavy atom. The first-order valence-electron chi connectivity index (χ1n) is 7.33. The van der Waals surface area contributed by atoms with E-state index in [1.807, 2.05) is 58.0 Å². The van der Waals surface area contributed by atoms with Gasteiger partial charge in [0.1, 0.15) is 0 Å². The molecule has 7 heteroatoms. The second kappa shape index (κ2) is 6.16. The van der Waals surface area contributed by atoms with Crippen molar-refractivity contribution in [2.24, 2.45) is 0 Å². The molecule has 3 aromatic rings. The molecule has 0 aliphatic heterocycles. The molecule has 1 aromatic carbocycles. The molecule has 0 saturated heterocycles. The molecule has 0 amide bonds. The van der Waals surface area contributed by atoms with Crippen molar-refractivity contribution in [3.63, 3.8) is 0 Å². The van der Waals surface area contributed by atoms with E-state index in [1.54, 1.807) is 0 Å². The van der Waals surface area contributed by atoms with Gasteiger partial charge in [-0.15, -0.1) is 10.2 Å². The van der Waals surface area contributed by atoms with Gasteiger partial charge in [-0.1, -0.05) is 55.9 Å². The molecule has 0 fully saturated rings. The van der Waals surface area contributed by atoms with Gasteiger partial charge in [0.25, 0.3) is 11.1 Å². The molecule has 0 aliphatic rings. The first kappa shape index (κ1) is 15.7. The maximum atomic E-state index is 5.69. The molecule has 23 heavy (non-hydrogen) atoms. The van der Waals surface area contributed by atoms with E-state index in [0.717, 1.165) is 5.56 Å². The van der Waals surface area contributed by atoms with E-state index in [9.17, 15) is 0 Å². The molecule has 6 nitrogen and oxygen atoms in total. The van der Waals surface area contributed by atoms with Gasteiger partial charge in [-0.3, -0.25) is 0 Å². The number of thioether (sulfide) groups is 1. The number of hydrogen-bond donors (Lipinski definition) is 0. The maximum absolute atomic E-state index is 5.69. The van der Waals surface area contributed by atoms with Crippen LogP contribution in [0.3, 0.4) is 0 Å². The lowest BCUT2D eigenvalue weighted by atomic mass is 9.97. The molecule has 2 aromatic heterocycles. The lowest BCUT2D eigenvalue weighted by Crippen LogP contribution is -2.11. The Morgan fingerprint density at radius 3 is 2.48 bits per heavy atom. The Morgan fingerprint density at radius 1 is 1.09 bits per heavy atom. The fraction of sp³-hybridized carbons (Fsp3) is 0.375. The zero-order chi connectivity index (χ0) is 16.4. The third kappa shape index (κ3) is 3.61. The van der Waals surface area contributed by atoms with Crippen LogP contribution in [0, 0.1) is 0 Å². The normalized spacial score (nSPS) is 13.2. The van der Waals surface area contributed by atoms with Crippen molar-refractivity contribution in [3.05, 3.63) is 42.0 Å². The minimum absolute atomic E-state index is 0.0514. The molecule has 0 aliphatic carbocycles. The fourth-order valence-electron chi connectivity index (χ4n) is 1.86. The molecule has 120 valence electrons. The third-order valence-corrected chi connectivity index (χ3v) is 4.08. The second-order valence-electron chi connectivity index (χ2n) is 6.21. The van der Waals surface area contributed by atoms with Crippen molar-refractivity contribution in [1.29, 1.82) is 0 Å². The van der Waals surface area contributed by atoms with Gasteiger partial charge >= 0.3 is 0 Å². The van der Waals surface area contributed by atoms with Gasteiger partial charge in [-0.2, -0.15) is 4.98 Å². The van der Waals surface area contributed by atoms with Crippen molar-refractivity contribution in [1.82, 2.24) is 20.3 Å². The predicted octanol–water partition coefficient (Wildman–Crippen LogP) is 4.27. The molecule has 0 saturated carbocycles. The summed E-state index contributed by atoms with van der Waals surface area (Å²) < 4.78 is 11.0. The summed E-state index contributed by atoms with van der Waals surface area (Å²) >= 11 is 1.42. The molecule has 0 bridgehead atoms. The smallest absolute Gasteiger partial charge is 0.277 e. The Balaban J connectivity index is 1.73. The van der Waals surface area contributed by atoms with Crippen LogP contribution < -0.4 is 0 Å². The summed E-state index contributed by atoms with van der Waals surface area (Å²) in [5, 5.41) is 12.7. The summed E-state index contributed by atoms with van der Waals surface area (Å²) in [5.74, 6) is 1.73. The summed E-state index contributed by atoms with van der Waals surface area (Å²) in [6.45, 7) is 8.07. The van der Waals surface area contributed by atoms with Gasteiger partial charge in [-0.05, 0) is 19.1 Å². The van der Waals surface area contributed by atoms with Crippen LogP contribution in [-0.2, 0) is 5.41 Å². The molecule has 2 heterocycles. The quantitative estimate of drug-likeness (QED) is 0.661. The number of nitrogens with zero attached hydrogens (tertiary/aromatic N) is 4. The van der Waals surface area contributed by atoms with Crippen LogP contribution >= 0.6 is 11.8 Å². The zero-order valence-corrected chi connectivity index (χ0v) is 14.3.